The number of urea groups is 1. The largest absolute Gasteiger partial charge is 0.383 e. The highest BCUT2D eigenvalue weighted by molar-refractivity contribution is 6.00. The van der Waals surface area contributed by atoms with Crippen molar-refractivity contribution in [2.24, 2.45) is 5.73 Å². The normalized spacial score (nSPS) is 13.7. The van der Waals surface area contributed by atoms with E-state index in [4.69, 9.17) is 10.5 Å². The number of amides is 3. The average molecular weight is 423 g/mol. The number of fused-ring (bicyclic) bond motifs is 1. The number of methoxy groups -OCH3 is 1. The molecule has 1 aliphatic heterocycles. The Hall–Kier alpha value is -2.68. The van der Waals surface area contributed by atoms with Gasteiger partial charge in [0.05, 0.1) is 6.61 Å². The van der Waals surface area contributed by atoms with Gasteiger partial charge in [0.1, 0.15) is 11.9 Å². The quantitative estimate of drug-likeness (QED) is 0.690. The molecule has 1 heterocycles. The third-order valence-corrected chi connectivity index (χ3v) is 4.59. The molecule has 1 atom stereocenters. The monoisotopic (exact) mass is 422 g/mol. The molecule has 156 valence electrons. The van der Waals surface area contributed by atoms with Gasteiger partial charge in [-0.3, -0.25) is 4.79 Å². The van der Waals surface area contributed by atoms with Crippen molar-refractivity contribution in [3.8, 4) is 0 Å². The van der Waals surface area contributed by atoms with Crippen LogP contribution in [-0.2, 0) is 22.5 Å². The van der Waals surface area contributed by atoms with Gasteiger partial charge in [-0.1, -0.05) is 12.1 Å². The number of nitrogens with zero attached hydrogens (tertiary/aromatic N) is 1. The lowest BCUT2D eigenvalue weighted by Crippen LogP contribution is -2.47. The molecule has 0 fully saturated rings. The van der Waals surface area contributed by atoms with Crippen LogP contribution in [-0.4, -0.2) is 43.1 Å². The predicted octanol–water partition coefficient (Wildman–Crippen LogP) is 2.75. The number of carbonyl (C=O) groups excluding carboxylic acids is 2. The van der Waals surface area contributed by atoms with Crippen molar-refractivity contribution in [2.45, 2.75) is 19.0 Å². The van der Waals surface area contributed by atoms with Crippen molar-refractivity contribution in [3.63, 3.8) is 0 Å². The van der Waals surface area contributed by atoms with Gasteiger partial charge in [0.25, 0.3) is 0 Å². The van der Waals surface area contributed by atoms with Gasteiger partial charge in [-0.2, -0.15) is 0 Å². The van der Waals surface area contributed by atoms with E-state index in [9.17, 15) is 14.0 Å². The summed E-state index contributed by atoms with van der Waals surface area (Å²) in [6.45, 7) is 1.12. The smallest absolute Gasteiger partial charge is 0.323 e. The molecule has 7 nitrogen and oxygen atoms in total. The van der Waals surface area contributed by atoms with Crippen LogP contribution in [0.4, 0.5) is 20.6 Å². The molecule has 0 aliphatic carbocycles. The van der Waals surface area contributed by atoms with E-state index < -0.39 is 12.1 Å². The van der Waals surface area contributed by atoms with E-state index in [1.165, 1.54) is 31.4 Å². The predicted molar refractivity (Wildman–Crippen MR) is 112 cm³/mol. The molecule has 3 rings (SSSR count). The number of hydrogen-bond acceptors (Lipinski definition) is 4. The van der Waals surface area contributed by atoms with E-state index in [2.05, 4.69) is 10.6 Å². The minimum absolute atomic E-state index is 0. The summed E-state index contributed by atoms with van der Waals surface area (Å²) in [6.07, 6.45) is 0.605. The number of ether oxygens (including phenoxy) is 1. The van der Waals surface area contributed by atoms with Gasteiger partial charge in [0.15, 0.2) is 0 Å². The van der Waals surface area contributed by atoms with Gasteiger partial charge in [0, 0.05) is 31.6 Å². The summed E-state index contributed by atoms with van der Waals surface area (Å²) in [4.78, 5) is 26.4. The molecule has 29 heavy (non-hydrogen) atoms. The maximum absolute atomic E-state index is 13.0. The number of halogens is 2. The Balaban J connectivity index is 0.00000300. The Bertz CT molecular complexity index is 863. The van der Waals surface area contributed by atoms with Crippen LogP contribution >= 0.6 is 12.4 Å². The lowest BCUT2D eigenvalue weighted by molar-refractivity contribution is -0.134. The van der Waals surface area contributed by atoms with Crippen molar-refractivity contribution < 1.29 is 18.7 Å². The van der Waals surface area contributed by atoms with Crippen LogP contribution in [0.5, 0.6) is 0 Å². The third kappa shape index (κ3) is 5.66. The SMILES string of the molecule is COCC(N)C(=O)N1CCc2c(cccc2NC(=O)Nc2ccc(F)cc2)C1.Cl. The van der Waals surface area contributed by atoms with E-state index in [-0.39, 0.29) is 30.7 Å². The highest BCUT2D eigenvalue weighted by Gasteiger charge is 2.26. The zero-order valence-corrected chi connectivity index (χ0v) is 16.8. The Morgan fingerprint density at radius 3 is 2.62 bits per heavy atom. The van der Waals surface area contributed by atoms with Crippen LogP contribution in [0.15, 0.2) is 42.5 Å². The average Bonchev–Trinajstić information content (AvgIpc) is 2.69. The summed E-state index contributed by atoms with van der Waals surface area (Å²) >= 11 is 0. The zero-order valence-electron chi connectivity index (χ0n) is 16.0. The molecule has 9 heteroatoms. The minimum atomic E-state index is -0.686. The maximum Gasteiger partial charge on any atom is 0.323 e. The van der Waals surface area contributed by atoms with E-state index in [0.717, 1.165) is 11.1 Å². The first-order valence-corrected chi connectivity index (χ1v) is 8.95. The van der Waals surface area contributed by atoms with Gasteiger partial charge < -0.3 is 26.0 Å². The summed E-state index contributed by atoms with van der Waals surface area (Å²) in [5.74, 6) is -0.521. The number of rotatable bonds is 5. The number of benzene rings is 2. The second kappa shape index (κ2) is 10.2. The first kappa shape index (κ1) is 22.6. The number of hydrogen-bond donors (Lipinski definition) is 3. The first-order chi connectivity index (χ1) is 13.5. The summed E-state index contributed by atoms with van der Waals surface area (Å²) < 4.78 is 17.9. The molecule has 0 bridgehead atoms. The molecular weight excluding hydrogens is 399 g/mol. The first-order valence-electron chi connectivity index (χ1n) is 8.95. The second-order valence-corrected chi connectivity index (χ2v) is 6.60. The van der Waals surface area contributed by atoms with E-state index in [0.29, 0.717) is 30.9 Å². The van der Waals surface area contributed by atoms with Crippen molar-refractivity contribution in [1.29, 1.82) is 0 Å². The molecule has 3 amide bonds. The van der Waals surface area contributed by atoms with Crippen LogP contribution in [0.3, 0.4) is 0 Å². The summed E-state index contributed by atoms with van der Waals surface area (Å²) in [7, 11) is 1.51. The fourth-order valence-electron chi connectivity index (χ4n) is 3.22. The van der Waals surface area contributed by atoms with E-state index in [1.807, 2.05) is 18.2 Å². The Morgan fingerprint density at radius 1 is 1.21 bits per heavy atom. The molecule has 0 radical (unpaired) electrons. The second-order valence-electron chi connectivity index (χ2n) is 6.60. The Labute approximate surface area is 174 Å². The van der Waals surface area contributed by atoms with E-state index >= 15 is 0 Å². The maximum atomic E-state index is 13.0. The summed E-state index contributed by atoms with van der Waals surface area (Å²) in [6, 6.07) is 10.0. The Morgan fingerprint density at radius 2 is 1.93 bits per heavy atom. The van der Waals surface area contributed by atoms with Crippen molar-refractivity contribution in [1.82, 2.24) is 4.90 Å². The number of nitrogens with two attached hydrogens (primary N) is 1. The zero-order chi connectivity index (χ0) is 20.1. The Kier molecular flexibility index (Phi) is 7.95. The van der Waals surface area contributed by atoms with Crippen LogP contribution in [0.25, 0.3) is 0 Å². The number of carbonyl (C=O) groups is 2. The minimum Gasteiger partial charge on any atom is -0.383 e. The summed E-state index contributed by atoms with van der Waals surface area (Å²) in [5, 5.41) is 5.50. The third-order valence-electron chi connectivity index (χ3n) is 4.59. The molecule has 0 spiro atoms. The van der Waals surface area contributed by atoms with Crippen LogP contribution in [0.2, 0.25) is 0 Å². The highest BCUT2D eigenvalue weighted by Crippen LogP contribution is 2.26. The lowest BCUT2D eigenvalue weighted by atomic mass is 9.97. The van der Waals surface area contributed by atoms with Crippen molar-refractivity contribution >= 4 is 35.7 Å². The molecule has 0 saturated carbocycles. The summed E-state index contributed by atoms with van der Waals surface area (Å²) in [5.41, 5.74) is 8.98. The van der Waals surface area contributed by atoms with Gasteiger partial charge in [-0.25, -0.2) is 9.18 Å². The lowest BCUT2D eigenvalue weighted by Gasteiger charge is -2.31. The van der Waals surface area contributed by atoms with Gasteiger partial charge in [-0.05, 0) is 47.9 Å². The van der Waals surface area contributed by atoms with Gasteiger partial charge >= 0.3 is 6.03 Å². The molecule has 2 aromatic carbocycles. The highest BCUT2D eigenvalue weighted by atomic mass is 35.5. The molecule has 1 unspecified atom stereocenters. The topological polar surface area (TPSA) is 96.7 Å². The number of anilines is 2. The molecule has 1 aliphatic rings. The fourth-order valence-corrected chi connectivity index (χ4v) is 3.22. The molecule has 2 aromatic rings. The fraction of sp³-hybridized carbons (Fsp3) is 0.300. The molecule has 4 N–H and O–H groups in total. The van der Waals surface area contributed by atoms with Crippen LogP contribution < -0.4 is 16.4 Å². The van der Waals surface area contributed by atoms with Gasteiger partial charge in [0.2, 0.25) is 5.91 Å². The standard InChI is InChI=1S/C20H23FN4O3.ClH/c1-28-12-17(22)19(26)25-10-9-16-13(11-25)3-2-4-18(16)24-20(27)23-15-7-5-14(21)6-8-15;/h2-8,17H,9-12,22H2,1H3,(H2,23,24,27);1H. The van der Waals surface area contributed by atoms with Crippen molar-refractivity contribution in [2.75, 3.05) is 30.9 Å². The van der Waals surface area contributed by atoms with Crippen LogP contribution in [0, 0.1) is 5.82 Å². The van der Waals surface area contributed by atoms with Crippen LogP contribution in [0.1, 0.15) is 11.1 Å². The molecule has 0 saturated heterocycles. The molecular formula is C20H24ClFN4O3. The molecule has 0 aromatic heterocycles. The van der Waals surface area contributed by atoms with Gasteiger partial charge in [-0.15, -0.1) is 12.4 Å². The van der Waals surface area contributed by atoms with E-state index in [1.54, 1.807) is 4.90 Å². The van der Waals surface area contributed by atoms with Crippen molar-refractivity contribution in [3.05, 3.63) is 59.4 Å². The number of nitrogens with one attached hydrogen (secondary N) is 2.